The third-order valence-corrected chi connectivity index (χ3v) is 5.90. The minimum absolute atomic E-state index is 0.0726. The number of aliphatic imine (C=N–C) groups is 1. The van der Waals surface area contributed by atoms with E-state index in [0.29, 0.717) is 17.9 Å². The Morgan fingerprint density at radius 1 is 1.24 bits per heavy atom. The van der Waals surface area contributed by atoms with E-state index in [1.807, 2.05) is 10.8 Å². The zero-order valence-electron chi connectivity index (χ0n) is 16.2. The Kier molecular flexibility index (Phi) is 6.13. The molecule has 1 atom stereocenters. The summed E-state index contributed by atoms with van der Waals surface area (Å²) in [7, 11) is 0. The molecule has 29 heavy (non-hydrogen) atoms. The van der Waals surface area contributed by atoms with Crippen LogP contribution in [0.2, 0.25) is 5.02 Å². The molecule has 1 aliphatic heterocycles. The summed E-state index contributed by atoms with van der Waals surface area (Å²) in [5, 5.41) is 3.01. The van der Waals surface area contributed by atoms with E-state index in [-0.39, 0.29) is 17.1 Å². The van der Waals surface area contributed by atoms with Crippen LogP contribution in [-0.2, 0) is 6.54 Å². The second-order valence-electron chi connectivity index (χ2n) is 7.66. The number of hydrogen-bond donors (Lipinski definition) is 1. The van der Waals surface area contributed by atoms with Gasteiger partial charge in [0.25, 0.3) is 0 Å². The predicted molar refractivity (Wildman–Crippen MR) is 111 cm³/mol. The van der Waals surface area contributed by atoms with Crippen molar-refractivity contribution in [1.82, 2.24) is 19.8 Å². The van der Waals surface area contributed by atoms with Crippen LogP contribution in [0.4, 0.5) is 9.18 Å². The first-order valence-corrected chi connectivity index (χ1v) is 10.6. The van der Waals surface area contributed by atoms with Crippen LogP contribution >= 0.6 is 11.6 Å². The van der Waals surface area contributed by atoms with Gasteiger partial charge in [-0.05, 0) is 37.0 Å². The fourth-order valence-electron chi connectivity index (χ4n) is 4.12. The van der Waals surface area contributed by atoms with Gasteiger partial charge in [-0.15, -0.1) is 0 Å². The van der Waals surface area contributed by atoms with Crippen molar-refractivity contribution < 1.29 is 9.18 Å². The van der Waals surface area contributed by atoms with E-state index in [2.05, 4.69) is 10.3 Å². The molecule has 2 fully saturated rings. The first-order chi connectivity index (χ1) is 14.1. The lowest BCUT2D eigenvalue weighted by Gasteiger charge is -2.25. The summed E-state index contributed by atoms with van der Waals surface area (Å²) in [6, 6.07) is 4.33. The molecule has 154 valence electrons. The maximum atomic E-state index is 14.2. The average molecular weight is 418 g/mol. The van der Waals surface area contributed by atoms with Gasteiger partial charge < -0.3 is 9.47 Å². The molecule has 4 rings (SSSR count). The standard InChI is InChI=1S/C21H25ClFN5O/c22-17-8-7-15(13-18(17)23)19-20(25-16-5-2-1-3-6-16)26-21(29)28(19)11-4-10-27-12-9-24-14-27/h7-9,12-14,16,19H,1-6,10-11H2,(H,25,26,29). The number of aryl methyl sites for hydroxylation is 1. The van der Waals surface area contributed by atoms with Crippen molar-refractivity contribution in [3.63, 3.8) is 0 Å². The zero-order valence-corrected chi connectivity index (χ0v) is 17.0. The van der Waals surface area contributed by atoms with Crippen LogP contribution in [0.1, 0.15) is 50.1 Å². The summed E-state index contributed by atoms with van der Waals surface area (Å²) in [5.41, 5.74) is 0.683. The van der Waals surface area contributed by atoms with E-state index < -0.39 is 11.9 Å². The summed E-state index contributed by atoms with van der Waals surface area (Å²) in [6.07, 6.45) is 11.7. The molecule has 0 radical (unpaired) electrons. The Bertz CT molecular complexity index is 879. The number of amidine groups is 1. The smallest absolute Gasteiger partial charge is 0.323 e. The van der Waals surface area contributed by atoms with E-state index >= 15 is 0 Å². The summed E-state index contributed by atoms with van der Waals surface area (Å²) in [4.78, 5) is 23.4. The number of nitrogens with one attached hydrogen (secondary N) is 1. The monoisotopic (exact) mass is 417 g/mol. The molecule has 1 N–H and O–H groups in total. The van der Waals surface area contributed by atoms with Gasteiger partial charge in [0.1, 0.15) is 17.7 Å². The van der Waals surface area contributed by atoms with Crippen molar-refractivity contribution in [2.24, 2.45) is 4.99 Å². The molecule has 6 nitrogen and oxygen atoms in total. The van der Waals surface area contributed by atoms with Gasteiger partial charge in [-0.1, -0.05) is 36.9 Å². The van der Waals surface area contributed by atoms with Crippen LogP contribution in [0.3, 0.4) is 0 Å². The van der Waals surface area contributed by atoms with Gasteiger partial charge >= 0.3 is 6.03 Å². The molecule has 2 heterocycles. The highest BCUT2D eigenvalue weighted by Gasteiger charge is 2.38. The third kappa shape index (κ3) is 4.61. The number of hydrogen-bond acceptors (Lipinski definition) is 3. The van der Waals surface area contributed by atoms with Gasteiger partial charge in [-0.2, -0.15) is 0 Å². The van der Waals surface area contributed by atoms with Crippen LogP contribution in [0.25, 0.3) is 0 Å². The Hall–Kier alpha value is -2.41. The van der Waals surface area contributed by atoms with Crippen molar-refractivity contribution in [3.05, 3.63) is 53.3 Å². The molecule has 2 aliphatic rings. The molecular weight excluding hydrogens is 393 g/mol. The fourth-order valence-corrected chi connectivity index (χ4v) is 4.24. The molecule has 2 amide bonds. The first-order valence-electron chi connectivity index (χ1n) is 10.2. The number of carbonyl (C=O) groups is 1. The highest BCUT2D eigenvalue weighted by molar-refractivity contribution is 6.30. The number of benzene rings is 1. The highest BCUT2D eigenvalue weighted by atomic mass is 35.5. The van der Waals surface area contributed by atoms with Crippen molar-refractivity contribution in [2.45, 2.75) is 57.2 Å². The summed E-state index contributed by atoms with van der Waals surface area (Å²) in [5.74, 6) is 0.130. The maximum absolute atomic E-state index is 14.2. The van der Waals surface area contributed by atoms with Gasteiger partial charge in [0.2, 0.25) is 0 Å². The molecule has 1 saturated heterocycles. The fraction of sp³-hybridized carbons (Fsp3) is 0.476. The molecular formula is C21H25ClFN5O. The number of imidazole rings is 1. The molecule has 1 saturated carbocycles. The molecule has 1 unspecified atom stereocenters. The quantitative estimate of drug-likeness (QED) is 0.748. The highest BCUT2D eigenvalue weighted by Crippen LogP contribution is 2.31. The van der Waals surface area contributed by atoms with E-state index in [4.69, 9.17) is 16.6 Å². The largest absolute Gasteiger partial charge is 0.337 e. The number of nitrogens with zero attached hydrogens (tertiary/aromatic N) is 4. The first kappa shape index (κ1) is 19.9. The predicted octanol–water partition coefficient (Wildman–Crippen LogP) is 4.56. The zero-order chi connectivity index (χ0) is 20.2. The number of rotatable bonds is 6. The van der Waals surface area contributed by atoms with Crippen molar-refractivity contribution in [3.8, 4) is 0 Å². The van der Waals surface area contributed by atoms with Gasteiger partial charge in [0, 0.05) is 25.5 Å². The molecule has 2 aromatic rings. The van der Waals surface area contributed by atoms with E-state index in [1.165, 1.54) is 18.6 Å². The Morgan fingerprint density at radius 3 is 2.79 bits per heavy atom. The summed E-state index contributed by atoms with van der Waals surface area (Å²) in [6.45, 7) is 1.28. The average Bonchev–Trinajstić information content (AvgIpc) is 3.33. The lowest BCUT2D eigenvalue weighted by atomic mass is 9.95. The van der Waals surface area contributed by atoms with Crippen molar-refractivity contribution in [1.29, 1.82) is 0 Å². The minimum atomic E-state index is -0.487. The number of aromatic nitrogens is 2. The van der Waals surface area contributed by atoms with E-state index in [0.717, 1.165) is 38.6 Å². The Labute approximate surface area is 174 Å². The molecule has 0 bridgehead atoms. The van der Waals surface area contributed by atoms with Crippen LogP contribution in [0.5, 0.6) is 0 Å². The Balaban J connectivity index is 1.58. The lowest BCUT2D eigenvalue weighted by molar-refractivity contribution is 0.204. The number of halogens is 2. The van der Waals surface area contributed by atoms with Crippen molar-refractivity contribution in [2.75, 3.05) is 6.54 Å². The van der Waals surface area contributed by atoms with Crippen LogP contribution in [0, 0.1) is 5.82 Å². The molecule has 8 heteroatoms. The van der Waals surface area contributed by atoms with Crippen LogP contribution < -0.4 is 5.32 Å². The normalized spacial score (nSPS) is 21.7. The van der Waals surface area contributed by atoms with Gasteiger partial charge in [0.05, 0.1) is 17.4 Å². The SMILES string of the molecule is O=C1N/C(=N\C2CCCCC2)C(c2ccc(Cl)c(F)c2)N1CCCn1ccnc1. The second kappa shape index (κ2) is 8.95. The number of carbonyl (C=O) groups excluding carboxylic acids is 1. The van der Waals surface area contributed by atoms with E-state index in [1.54, 1.807) is 23.5 Å². The minimum Gasteiger partial charge on any atom is -0.337 e. The third-order valence-electron chi connectivity index (χ3n) is 5.60. The molecule has 1 aliphatic carbocycles. The number of urea groups is 1. The molecule has 1 aromatic heterocycles. The molecule has 1 aromatic carbocycles. The second-order valence-corrected chi connectivity index (χ2v) is 8.07. The molecule has 0 spiro atoms. The van der Waals surface area contributed by atoms with Crippen LogP contribution in [-0.4, -0.2) is 38.9 Å². The van der Waals surface area contributed by atoms with E-state index in [9.17, 15) is 9.18 Å². The van der Waals surface area contributed by atoms with Crippen molar-refractivity contribution >= 4 is 23.5 Å². The topological polar surface area (TPSA) is 62.5 Å². The number of amides is 2. The van der Waals surface area contributed by atoms with Crippen LogP contribution in [0.15, 0.2) is 41.9 Å². The van der Waals surface area contributed by atoms with Gasteiger partial charge in [0.15, 0.2) is 0 Å². The summed E-state index contributed by atoms with van der Waals surface area (Å²) < 4.78 is 16.1. The maximum Gasteiger partial charge on any atom is 0.323 e. The summed E-state index contributed by atoms with van der Waals surface area (Å²) >= 11 is 5.87. The Morgan fingerprint density at radius 2 is 2.07 bits per heavy atom. The lowest BCUT2D eigenvalue weighted by Crippen LogP contribution is -2.31. The van der Waals surface area contributed by atoms with Gasteiger partial charge in [-0.25, -0.2) is 14.2 Å². The van der Waals surface area contributed by atoms with Gasteiger partial charge in [-0.3, -0.25) is 10.3 Å².